The molecule has 0 amide bonds. The molecule has 12 heavy (non-hydrogen) atoms. The summed E-state index contributed by atoms with van der Waals surface area (Å²) in [4.78, 5) is 0. The molecule has 1 saturated carbocycles. The fourth-order valence-corrected chi connectivity index (χ4v) is 1.57. The van der Waals surface area contributed by atoms with Crippen LogP contribution < -0.4 is 0 Å². The molecule has 2 atom stereocenters. The van der Waals surface area contributed by atoms with E-state index in [0.717, 1.165) is 17.9 Å². The maximum Gasteiger partial charge on any atom is 0.111 e. The highest BCUT2D eigenvalue weighted by Crippen LogP contribution is 2.53. The van der Waals surface area contributed by atoms with Crippen molar-refractivity contribution in [1.82, 2.24) is 0 Å². The van der Waals surface area contributed by atoms with Crippen molar-refractivity contribution in [3.63, 3.8) is 0 Å². The lowest BCUT2D eigenvalue weighted by Gasteiger charge is -2.02. The zero-order valence-corrected chi connectivity index (χ0v) is 7.29. The van der Waals surface area contributed by atoms with E-state index in [0.29, 0.717) is 0 Å². The van der Waals surface area contributed by atoms with Crippen LogP contribution in [0.4, 0.5) is 0 Å². The van der Waals surface area contributed by atoms with E-state index in [2.05, 4.69) is 13.0 Å². The molecule has 0 aliphatic heterocycles. The molecule has 1 aliphatic rings. The van der Waals surface area contributed by atoms with E-state index in [1.165, 1.54) is 0 Å². The summed E-state index contributed by atoms with van der Waals surface area (Å²) >= 11 is 0. The predicted octanol–water partition coefficient (Wildman–Crippen LogP) is 2.39. The van der Waals surface area contributed by atoms with Gasteiger partial charge in [-0.15, -0.1) is 0 Å². The molecule has 0 aromatic carbocycles. The summed E-state index contributed by atoms with van der Waals surface area (Å²) in [5.74, 6) is 2.05. The number of furan rings is 1. The standard InChI is InChI=1S/C10H11NO/c1-7-3-4-9(12-7)10(2)5-8(10)6-11/h3-4,8H,5H2,1-2H3. The first kappa shape index (κ1) is 7.42. The van der Waals surface area contributed by atoms with Crippen LogP contribution in [-0.4, -0.2) is 0 Å². The van der Waals surface area contributed by atoms with Crippen LogP contribution in [0, 0.1) is 24.2 Å². The molecule has 2 rings (SSSR count). The summed E-state index contributed by atoms with van der Waals surface area (Å²) in [6.45, 7) is 4.01. The number of rotatable bonds is 1. The minimum atomic E-state index is 0.00299. The van der Waals surface area contributed by atoms with E-state index in [1.807, 2.05) is 19.1 Å². The average Bonchev–Trinajstić information content (AvgIpc) is 2.50. The van der Waals surface area contributed by atoms with Crippen molar-refractivity contribution in [3.8, 4) is 6.07 Å². The molecule has 2 heteroatoms. The van der Waals surface area contributed by atoms with E-state index in [1.54, 1.807) is 0 Å². The van der Waals surface area contributed by atoms with Gasteiger partial charge in [0.15, 0.2) is 0 Å². The van der Waals surface area contributed by atoms with E-state index in [4.69, 9.17) is 9.68 Å². The molecule has 0 bridgehead atoms. The lowest BCUT2D eigenvalue weighted by atomic mass is 10.0. The van der Waals surface area contributed by atoms with Crippen LogP contribution in [0.5, 0.6) is 0 Å². The highest BCUT2D eigenvalue weighted by Gasteiger charge is 2.54. The number of aryl methyl sites for hydroxylation is 1. The smallest absolute Gasteiger partial charge is 0.111 e. The van der Waals surface area contributed by atoms with Crippen molar-refractivity contribution in [3.05, 3.63) is 23.7 Å². The fourth-order valence-electron chi connectivity index (χ4n) is 1.57. The predicted molar refractivity (Wildman–Crippen MR) is 44.5 cm³/mol. The Morgan fingerprint density at radius 2 is 2.42 bits per heavy atom. The molecule has 0 N–H and O–H groups in total. The maximum atomic E-state index is 8.72. The summed E-state index contributed by atoms with van der Waals surface area (Å²) in [5.41, 5.74) is 0.00299. The molecule has 2 nitrogen and oxygen atoms in total. The molecule has 0 radical (unpaired) electrons. The van der Waals surface area contributed by atoms with Gasteiger partial charge in [0.25, 0.3) is 0 Å². The molecule has 62 valence electrons. The van der Waals surface area contributed by atoms with Gasteiger partial charge in [-0.05, 0) is 25.5 Å². The number of hydrogen-bond donors (Lipinski definition) is 0. The van der Waals surface area contributed by atoms with Crippen LogP contribution in [0.1, 0.15) is 24.9 Å². The molecule has 1 aromatic heterocycles. The first-order valence-corrected chi connectivity index (χ1v) is 4.13. The van der Waals surface area contributed by atoms with Crippen molar-refractivity contribution in [2.75, 3.05) is 0 Å². The lowest BCUT2D eigenvalue weighted by molar-refractivity contribution is 0.439. The van der Waals surface area contributed by atoms with Crippen molar-refractivity contribution in [2.45, 2.75) is 25.7 Å². The van der Waals surface area contributed by atoms with Gasteiger partial charge in [0.2, 0.25) is 0 Å². The van der Waals surface area contributed by atoms with Crippen molar-refractivity contribution < 1.29 is 4.42 Å². The zero-order valence-electron chi connectivity index (χ0n) is 7.29. The molecule has 1 aliphatic carbocycles. The Kier molecular flexibility index (Phi) is 1.32. The molecule has 2 unspecified atom stereocenters. The Balaban J connectivity index is 2.29. The third-order valence-electron chi connectivity index (χ3n) is 2.70. The van der Waals surface area contributed by atoms with Crippen LogP contribution in [0.15, 0.2) is 16.5 Å². The van der Waals surface area contributed by atoms with Crippen LogP contribution >= 0.6 is 0 Å². The Hall–Kier alpha value is -1.23. The number of nitriles is 1. The van der Waals surface area contributed by atoms with Crippen molar-refractivity contribution in [2.24, 2.45) is 5.92 Å². The van der Waals surface area contributed by atoms with Gasteiger partial charge in [-0.1, -0.05) is 6.92 Å². The molecule has 0 spiro atoms. The third kappa shape index (κ3) is 0.863. The number of nitrogens with zero attached hydrogens (tertiary/aromatic N) is 1. The molecule has 1 heterocycles. The van der Waals surface area contributed by atoms with Gasteiger partial charge < -0.3 is 4.42 Å². The van der Waals surface area contributed by atoms with Crippen LogP contribution in [-0.2, 0) is 5.41 Å². The molecule has 0 saturated heterocycles. The highest BCUT2D eigenvalue weighted by atomic mass is 16.3. The topological polar surface area (TPSA) is 36.9 Å². The molecule has 1 aromatic rings. The summed E-state index contributed by atoms with van der Waals surface area (Å²) in [7, 11) is 0. The first-order valence-electron chi connectivity index (χ1n) is 4.13. The largest absolute Gasteiger partial charge is 0.466 e. The fraction of sp³-hybridized carbons (Fsp3) is 0.500. The van der Waals surface area contributed by atoms with Crippen LogP contribution in [0.3, 0.4) is 0 Å². The van der Waals surface area contributed by atoms with Crippen molar-refractivity contribution in [1.29, 1.82) is 5.26 Å². The second-order valence-electron chi connectivity index (χ2n) is 3.71. The average molecular weight is 161 g/mol. The molecular formula is C10H11NO. The van der Waals surface area contributed by atoms with Gasteiger partial charge in [-0.25, -0.2) is 0 Å². The first-order chi connectivity index (χ1) is 5.66. The van der Waals surface area contributed by atoms with E-state index < -0.39 is 0 Å². The molecular weight excluding hydrogens is 150 g/mol. The summed E-state index contributed by atoms with van der Waals surface area (Å²) < 4.78 is 5.49. The monoisotopic (exact) mass is 161 g/mol. The second kappa shape index (κ2) is 2.13. The van der Waals surface area contributed by atoms with Gasteiger partial charge in [0, 0.05) is 5.41 Å². The van der Waals surface area contributed by atoms with Gasteiger partial charge in [0.05, 0.1) is 12.0 Å². The van der Waals surface area contributed by atoms with Gasteiger partial charge in [-0.3, -0.25) is 0 Å². The quantitative estimate of drug-likeness (QED) is 0.634. The molecule has 1 fully saturated rings. The minimum absolute atomic E-state index is 0.00299. The lowest BCUT2D eigenvalue weighted by Crippen LogP contribution is -2.00. The summed E-state index contributed by atoms with van der Waals surface area (Å²) in [6, 6.07) is 6.21. The normalized spacial score (nSPS) is 32.9. The second-order valence-corrected chi connectivity index (χ2v) is 3.71. The van der Waals surface area contributed by atoms with Crippen molar-refractivity contribution >= 4 is 0 Å². The van der Waals surface area contributed by atoms with E-state index >= 15 is 0 Å². The summed E-state index contributed by atoms with van der Waals surface area (Å²) in [5, 5.41) is 8.72. The maximum absolute atomic E-state index is 8.72. The number of hydrogen-bond acceptors (Lipinski definition) is 2. The minimum Gasteiger partial charge on any atom is -0.466 e. The van der Waals surface area contributed by atoms with Gasteiger partial charge in [0.1, 0.15) is 11.5 Å². The van der Waals surface area contributed by atoms with Crippen LogP contribution in [0.25, 0.3) is 0 Å². The zero-order chi connectivity index (χ0) is 8.77. The Labute approximate surface area is 71.8 Å². The summed E-state index contributed by atoms with van der Waals surface area (Å²) in [6.07, 6.45) is 0.941. The van der Waals surface area contributed by atoms with Gasteiger partial charge >= 0.3 is 0 Å². The highest BCUT2D eigenvalue weighted by molar-refractivity contribution is 5.30. The third-order valence-corrected chi connectivity index (χ3v) is 2.70. The SMILES string of the molecule is Cc1ccc(C2(C)CC2C#N)o1. The van der Waals surface area contributed by atoms with Crippen LogP contribution in [0.2, 0.25) is 0 Å². The van der Waals surface area contributed by atoms with E-state index in [9.17, 15) is 0 Å². The Morgan fingerprint density at radius 1 is 1.67 bits per heavy atom. The van der Waals surface area contributed by atoms with Gasteiger partial charge in [-0.2, -0.15) is 5.26 Å². The Morgan fingerprint density at radius 3 is 2.83 bits per heavy atom. The Bertz CT molecular complexity index is 347. The van der Waals surface area contributed by atoms with E-state index in [-0.39, 0.29) is 11.3 Å².